The van der Waals surface area contributed by atoms with E-state index in [1.165, 1.54) is 44.6 Å². The molecule has 0 radical (unpaired) electrons. The summed E-state index contributed by atoms with van der Waals surface area (Å²) in [4.78, 5) is 0.456. The topological polar surface area (TPSA) is 103 Å². The number of methoxy groups -OCH3 is 2. The molecule has 0 spiro atoms. The van der Waals surface area contributed by atoms with Gasteiger partial charge in [-0.3, -0.25) is 4.72 Å². The first kappa shape index (κ1) is 27.6. The number of hydrogen-bond acceptors (Lipinski definition) is 6. The predicted octanol–water partition coefficient (Wildman–Crippen LogP) is 6.74. The molecule has 1 atom stereocenters. The minimum atomic E-state index is -3.98. The smallest absolute Gasteiger partial charge is 0.262 e. The second-order valence-corrected chi connectivity index (χ2v) is 11.4. The van der Waals surface area contributed by atoms with E-state index < -0.39 is 21.0 Å². The molecule has 1 unspecified atom stereocenters. The van der Waals surface area contributed by atoms with Crippen molar-refractivity contribution in [1.29, 1.82) is 0 Å². The maximum Gasteiger partial charge on any atom is 0.262 e. The van der Waals surface area contributed by atoms with Gasteiger partial charge in [-0.1, -0.05) is 35.3 Å². The van der Waals surface area contributed by atoms with Crippen LogP contribution in [0.25, 0.3) is 0 Å². The third-order valence-corrected chi connectivity index (χ3v) is 8.20. The van der Waals surface area contributed by atoms with Crippen LogP contribution in [0.15, 0.2) is 94.7 Å². The average molecular weight is 594 g/mol. The van der Waals surface area contributed by atoms with Gasteiger partial charge in [-0.15, -0.1) is 0 Å². The van der Waals surface area contributed by atoms with Crippen molar-refractivity contribution in [2.45, 2.75) is 9.79 Å². The molecule has 0 amide bonds. The first-order valence-corrected chi connectivity index (χ1v) is 14.3. The number of ether oxygens (including phenoxy) is 3. The van der Waals surface area contributed by atoms with Crippen LogP contribution in [-0.4, -0.2) is 26.8 Å². The van der Waals surface area contributed by atoms with Gasteiger partial charge in [0.25, 0.3) is 10.0 Å². The molecule has 4 rings (SSSR count). The van der Waals surface area contributed by atoms with Gasteiger partial charge < -0.3 is 18.9 Å². The van der Waals surface area contributed by atoms with Crippen molar-refractivity contribution in [3.8, 4) is 23.0 Å². The summed E-state index contributed by atoms with van der Waals surface area (Å²) in [6, 6.07) is 22.0. The summed E-state index contributed by atoms with van der Waals surface area (Å²) in [6.45, 7) is 0. The molecular formula is C26H22Cl2N2O6S2. The number of sulfonamides is 1. The van der Waals surface area contributed by atoms with E-state index in [9.17, 15) is 12.6 Å². The zero-order valence-corrected chi connectivity index (χ0v) is 23.2. The number of hydrogen-bond donors (Lipinski definition) is 2. The molecule has 4 aromatic rings. The molecule has 0 fully saturated rings. The fraction of sp³-hybridized carbons (Fsp3) is 0.0769. The lowest BCUT2D eigenvalue weighted by molar-refractivity contribution is 0.354. The van der Waals surface area contributed by atoms with Gasteiger partial charge in [0, 0.05) is 16.8 Å². The van der Waals surface area contributed by atoms with Crippen LogP contribution in [0.5, 0.6) is 23.0 Å². The van der Waals surface area contributed by atoms with Crippen molar-refractivity contribution >= 4 is 55.6 Å². The van der Waals surface area contributed by atoms with E-state index in [2.05, 4.69) is 9.44 Å². The third-order valence-electron chi connectivity index (χ3n) is 5.19. The number of halogens is 2. The highest BCUT2D eigenvalue weighted by molar-refractivity contribution is 7.92. The maximum absolute atomic E-state index is 13.1. The second-order valence-electron chi connectivity index (χ2n) is 7.69. The summed E-state index contributed by atoms with van der Waals surface area (Å²) in [5.74, 6) is 1.53. The quantitative estimate of drug-likeness (QED) is 0.211. The van der Waals surface area contributed by atoms with Gasteiger partial charge in [0.15, 0.2) is 17.2 Å². The Balaban J connectivity index is 1.49. The Kier molecular flexibility index (Phi) is 8.68. The standard InChI is InChI=1S/C26H22Cl2N2O6S2/c1-34-25-14-10-19(16-26(25)35-2)37(31)29-18-8-11-20(12-9-18)38(32,33)30-22-5-3-4-6-24(22)36-23-13-7-17(27)15-21(23)28/h3-16,29-30H,1-2H3. The van der Waals surface area contributed by atoms with Crippen LogP contribution < -0.4 is 23.7 Å². The van der Waals surface area contributed by atoms with E-state index in [0.29, 0.717) is 32.9 Å². The number of anilines is 2. The van der Waals surface area contributed by atoms with Crippen molar-refractivity contribution < 1.29 is 26.8 Å². The van der Waals surface area contributed by atoms with Gasteiger partial charge >= 0.3 is 0 Å². The lowest BCUT2D eigenvalue weighted by atomic mass is 10.3. The number of para-hydroxylation sites is 2. The monoisotopic (exact) mass is 592 g/mol. The number of benzene rings is 4. The van der Waals surface area contributed by atoms with E-state index in [1.54, 1.807) is 54.6 Å². The minimum absolute atomic E-state index is 0.000669. The molecule has 0 aliphatic rings. The molecule has 0 saturated carbocycles. The predicted molar refractivity (Wildman–Crippen MR) is 150 cm³/mol. The van der Waals surface area contributed by atoms with Crippen molar-refractivity contribution in [3.05, 3.63) is 95.0 Å². The Morgan fingerprint density at radius 2 is 1.45 bits per heavy atom. The van der Waals surface area contributed by atoms with Crippen LogP contribution in [0, 0.1) is 0 Å². The van der Waals surface area contributed by atoms with Crippen molar-refractivity contribution in [3.63, 3.8) is 0 Å². The Morgan fingerprint density at radius 3 is 2.13 bits per heavy atom. The van der Waals surface area contributed by atoms with Crippen molar-refractivity contribution in [1.82, 2.24) is 0 Å². The Bertz CT molecular complexity index is 1580. The van der Waals surface area contributed by atoms with E-state index in [-0.39, 0.29) is 21.4 Å². The van der Waals surface area contributed by atoms with Gasteiger partial charge in [0.05, 0.1) is 34.7 Å². The SMILES string of the molecule is COc1ccc(S(=O)Nc2ccc(S(=O)(=O)Nc3ccccc3Oc3ccc(Cl)cc3Cl)cc2)cc1OC. The molecule has 12 heteroatoms. The maximum atomic E-state index is 13.1. The third kappa shape index (κ3) is 6.51. The Morgan fingerprint density at radius 1 is 0.763 bits per heavy atom. The molecule has 2 N–H and O–H groups in total. The highest BCUT2D eigenvalue weighted by atomic mass is 35.5. The highest BCUT2D eigenvalue weighted by Crippen LogP contribution is 2.36. The van der Waals surface area contributed by atoms with E-state index in [0.717, 1.165) is 0 Å². The van der Waals surface area contributed by atoms with Crippen molar-refractivity contribution in [2.24, 2.45) is 0 Å². The van der Waals surface area contributed by atoms with Gasteiger partial charge in [-0.25, -0.2) is 12.6 Å². The van der Waals surface area contributed by atoms with Gasteiger partial charge in [0.1, 0.15) is 16.7 Å². The fourth-order valence-electron chi connectivity index (χ4n) is 3.32. The summed E-state index contributed by atoms with van der Waals surface area (Å²) < 4.78 is 60.6. The van der Waals surface area contributed by atoms with E-state index in [4.69, 9.17) is 37.4 Å². The molecule has 0 aromatic heterocycles. The van der Waals surface area contributed by atoms with Crippen LogP contribution in [0.1, 0.15) is 0 Å². The van der Waals surface area contributed by atoms with Gasteiger partial charge in [0.2, 0.25) is 0 Å². The minimum Gasteiger partial charge on any atom is -0.493 e. The summed E-state index contributed by atoms with van der Waals surface area (Å²) in [5.41, 5.74) is 0.674. The summed E-state index contributed by atoms with van der Waals surface area (Å²) >= 11 is 12.1. The molecule has 4 aromatic carbocycles. The lowest BCUT2D eigenvalue weighted by Crippen LogP contribution is -2.13. The number of nitrogens with one attached hydrogen (secondary N) is 2. The largest absolute Gasteiger partial charge is 0.493 e. The summed E-state index contributed by atoms with van der Waals surface area (Å²) in [6.07, 6.45) is 0. The van der Waals surface area contributed by atoms with Gasteiger partial charge in [-0.05, 0) is 66.7 Å². The Hall–Kier alpha value is -3.44. The number of rotatable bonds is 10. The van der Waals surface area contributed by atoms with Crippen LogP contribution in [0.3, 0.4) is 0 Å². The van der Waals surface area contributed by atoms with E-state index in [1.807, 2.05) is 0 Å². The average Bonchev–Trinajstić information content (AvgIpc) is 2.91. The molecule has 198 valence electrons. The molecule has 0 saturated heterocycles. The summed E-state index contributed by atoms with van der Waals surface area (Å²) in [5, 5.41) is 0.727. The first-order chi connectivity index (χ1) is 18.2. The lowest BCUT2D eigenvalue weighted by Gasteiger charge is -2.14. The van der Waals surface area contributed by atoms with Crippen LogP contribution in [0.2, 0.25) is 10.0 Å². The highest BCUT2D eigenvalue weighted by Gasteiger charge is 2.18. The second kappa shape index (κ2) is 12.0. The van der Waals surface area contributed by atoms with Gasteiger partial charge in [-0.2, -0.15) is 0 Å². The molecule has 0 aliphatic heterocycles. The molecule has 38 heavy (non-hydrogen) atoms. The Labute approximate surface area is 233 Å². The molecule has 0 aliphatic carbocycles. The van der Waals surface area contributed by atoms with Crippen LogP contribution >= 0.6 is 23.2 Å². The van der Waals surface area contributed by atoms with Crippen LogP contribution in [0.4, 0.5) is 11.4 Å². The van der Waals surface area contributed by atoms with E-state index >= 15 is 0 Å². The van der Waals surface area contributed by atoms with Crippen molar-refractivity contribution in [2.75, 3.05) is 23.7 Å². The zero-order valence-electron chi connectivity index (χ0n) is 20.1. The fourth-order valence-corrected chi connectivity index (χ4v) is 5.71. The van der Waals surface area contributed by atoms with Crippen LogP contribution in [-0.2, 0) is 21.0 Å². The molecule has 8 nitrogen and oxygen atoms in total. The zero-order chi connectivity index (χ0) is 27.3. The molecule has 0 bridgehead atoms. The normalized spacial score (nSPS) is 11.9. The first-order valence-electron chi connectivity index (χ1n) is 11.0. The molecular weight excluding hydrogens is 571 g/mol. The molecule has 0 heterocycles. The summed E-state index contributed by atoms with van der Waals surface area (Å²) in [7, 11) is -2.60.